The highest BCUT2D eigenvalue weighted by Gasteiger charge is 2.21. The van der Waals surface area contributed by atoms with E-state index >= 15 is 0 Å². The van der Waals surface area contributed by atoms with Crippen molar-refractivity contribution < 1.29 is 20.1 Å². The van der Waals surface area contributed by atoms with E-state index in [2.05, 4.69) is 6.92 Å². The average molecular weight is 437 g/mol. The van der Waals surface area contributed by atoms with Gasteiger partial charge >= 0.3 is 0 Å². The molecule has 0 aromatic heterocycles. The fraction of sp³-hybridized carbons (Fsp3) is 0.464. The summed E-state index contributed by atoms with van der Waals surface area (Å²) in [5.41, 5.74) is 0.302. The number of unbranched alkanes of at least 4 members (excludes halogenated alkanes) is 10. The summed E-state index contributed by atoms with van der Waals surface area (Å²) >= 11 is 0. The van der Waals surface area contributed by atoms with Crippen LogP contribution in [0.3, 0.4) is 0 Å². The first-order valence-corrected chi connectivity index (χ1v) is 12.2. The van der Waals surface area contributed by atoms with Crippen molar-refractivity contribution in [1.82, 2.24) is 0 Å². The van der Waals surface area contributed by atoms with E-state index in [0.717, 1.165) is 24.6 Å². The van der Waals surface area contributed by atoms with Gasteiger partial charge in [-0.05, 0) is 35.4 Å². The standard InChI is InChI=1S/C28H36O4/c1-2-3-4-5-6-7-8-9-10-11-12-15-23(30)27-25-20(14-13-16-22(25)29)19-21-17-18-24(31)28(32)26(21)27/h13-14,16-19,29,31-32H,2-12,15H2,1H3. The molecule has 0 spiro atoms. The number of carbonyl (C=O) groups excluding carboxylic acids is 1. The van der Waals surface area contributed by atoms with Crippen LogP contribution in [0.2, 0.25) is 0 Å². The van der Waals surface area contributed by atoms with Crippen molar-refractivity contribution in [3.05, 3.63) is 42.0 Å². The van der Waals surface area contributed by atoms with E-state index in [1.165, 1.54) is 57.4 Å². The highest BCUT2D eigenvalue weighted by molar-refractivity contribution is 6.22. The Labute approximate surface area is 190 Å². The van der Waals surface area contributed by atoms with Crippen molar-refractivity contribution in [2.24, 2.45) is 0 Å². The summed E-state index contributed by atoms with van der Waals surface area (Å²) in [5, 5.41) is 33.2. The molecule has 0 atom stereocenters. The quantitative estimate of drug-likeness (QED) is 0.110. The molecular weight excluding hydrogens is 400 g/mol. The number of phenolic OH excluding ortho intramolecular Hbond substituents is 3. The van der Waals surface area contributed by atoms with E-state index in [-0.39, 0.29) is 23.0 Å². The molecule has 172 valence electrons. The zero-order valence-electron chi connectivity index (χ0n) is 19.2. The topological polar surface area (TPSA) is 77.8 Å². The van der Waals surface area contributed by atoms with Gasteiger partial charge in [-0.15, -0.1) is 0 Å². The summed E-state index contributed by atoms with van der Waals surface area (Å²) in [6, 6.07) is 10.1. The third-order valence-electron chi connectivity index (χ3n) is 6.36. The van der Waals surface area contributed by atoms with Gasteiger partial charge in [0, 0.05) is 22.8 Å². The molecule has 0 aliphatic heterocycles. The van der Waals surface area contributed by atoms with Crippen molar-refractivity contribution >= 4 is 27.3 Å². The Morgan fingerprint density at radius 2 is 1.28 bits per heavy atom. The Morgan fingerprint density at radius 1 is 0.688 bits per heavy atom. The number of phenols is 3. The van der Waals surface area contributed by atoms with Gasteiger partial charge in [0.05, 0.1) is 0 Å². The lowest BCUT2D eigenvalue weighted by molar-refractivity contribution is 0.0982. The molecule has 0 heterocycles. The number of Topliss-reactive ketones (excluding diaryl/α,β-unsaturated/α-hetero) is 1. The van der Waals surface area contributed by atoms with Gasteiger partial charge in [0.25, 0.3) is 0 Å². The van der Waals surface area contributed by atoms with Gasteiger partial charge in [-0.25, -0.2) is 0 Å². The van der Waals surface area contributed by atoms with E-state index in [1.807, 2.05) is 12.1 Å². The van der Waals surface area contributed by atoms with E-state index in [4.69, 9.17) is 0 Å². The fourth-order valence-corrected chi connectivity index (χ4v) is 4.58. The lowest BCUT2D eigenvalue weighted by Gasteiger charge is -2.14. The maximum absolute atomic E-state index is 13.2. The van der Waals surface area contributed by atoms with E-state index in [9.17, 15) is 20.1 Å². The summed E-state index contributed by atoms with van der Waals surface area (Å²) in [6.45, 7) is 2.24. The lowest BCUT2D eigenvalue weighted by atomic mass is 9.91. The maximum atomic E-state index is 13.2. The molecule has 0 unspecified atom stereocenters. The molecule has 32 heavy (non-hydrogen) atoms. The van der Waals surface area contributed by atoms with Crippen molar-refractivity contribution in [3.8, 4) is 17.2 Å². The molecule has 3 N–H and O–H groups in total. The number of fused-ring (bicyclic) bond motifs is 2. The number of aromatic hydroxyl groups is 3. The largest absolute Gasteiger partial charge is 0.507 e. The highest BCUT2D eigenvalue weighted by atomic mass is 16.3. The zero-order chi connectivity index (χ0) is 22.9. The summed E-state index contributed by atoms with van der Waals surface area (Å²) in [4.78, 5) is 13.2. The number of ketones is 1. The summed E-state index contributed by atoms with van der Waals surface area (Å²) in [5.74, 6) is -0.681. The van der Waals surface area contributed by atoms with Crippen LogP contribution in [-0.2, 0) is 0 Å². The molecule has 0 saturated heterocycles. The number of hydrogen-bond acceptors (Lipinski definition) is 4. The number of hydrogen-bond donors (Lipinski definition) is 3. The first-order chi connectivity index (χ1) is 15.5. The minimum atomic E-state index is -0.310. The van der Waals surface area contributed by atoms with Crippen molar-refractivity contribution in [2.75, 3.05) is 0 Å². The Kier molecular flexibility index (Phi) is 8.78. The molecular formula is C28H36O4. The Bertz CT molecular complexity index is 1050. The van der Waals surface area contributed by atoms with Crippen LogP contribution in [0.5, 0.6) is 17.2 Å². The van der Waals surface area contributed by atoms with Gasteiger partial charge in [-0.3, -0.25) is 4.79 Å². The minimum absolute atomic E-state index is 0.00873. The first kappa shape index (κ1) is 23.9. The molecule has 4 nitrogen and oxygen atoms in total. The second kappa shape index (κ2) is 11.8. The molecule has 3 rings (SSSR count). The minimum Gasteiger partial charge on any atom is -0.507 e. The SMILES string of the molecule is CCCCCCCCCCCCCC(=O)c1c2c(O)cccc2cc2ccc(O)c(O)c12. The highest BCUT2D eigenvalue weighted by Crippen LogP contribution is 2.42. The lowest BCUT2D eigenvalue weighted by Crippen LogP contribution is -2.02. The van der Waals surface area contributed by atoms with Crippen LogP contribution in [0.15, 0.2) is 36.4 Å². The zero-order valence-corrected chi connectivity index (χ0v) is 19.2. The molecule has 0 aliphatic carbocycles. The van der Waals surface area contributed by atoms with Gasteiger partial charge in [-0.1, -0.05) is 89.3 Å². The molecule has 0 fully saturated rings. The monoisotopic (exact) mass is 436 g/mol. The second-order valence-electron chi connectivity index (χ2n) is 8.87. The third kappa shape index (κ3) is 5.73. The van der Waals surface area contributed by atoms with Crippen LogP contribution < -0.4 is 0 Å². The van der Waals surface area contributed by atoms with E-state index in [0.29, 0.717) is 28.1 Å². The van der Waals surface area contributed by atoms with Crippen molar-refractivity contribution in [3.63, 3.8) is 0 Å². The summed E-state index contributed by atoms with van der Waals surface area (Å²) in [7, 11) is 0. The van der Waals surface area contributed by atoms with Crippen LogP contribution >= 0.6 is 0 Å². The van der Waals surface area contributed by atoms with Gasteiger partial charge in [0.15, 0.2) is 17.3 Å². The predicted molar refractivity (Wildman–Crippen MR) is 132 cm³/mol. The summed E-state index contributed by atoms with van der Waals surface area (Å²) in [6.07, 6.45) is 13.7. The van der Waals surface area contributed by atoms with Gasteiger partial charge in [0.2, 0.25) is 0 Å². The van der Waals surface area contributed by atoms with Gasteiger partial charge < -0.3 is 15.3 Å². The van der Waals surface area contributed by atoms with Crippen molar-refractivity contribution in [2.45, 2.75) is 84.0 Å². The average Bonchev–Trinajstić information content (AvgIpc) is 2.79. The smallest absolute Gasteiger partial charge is 0.166 e. The molecule has 4 heteroatoms. The van der Waals surface area contributed by atoms with E-state index in [1.54, 1.807) is 18.2 Å². The molecule has 0 amide bonds. The van der Waals surface area contributed by atoms with Crippen LogP contribution in [0, 0.1) is 0 Å². The summed E-state index contributed by atoms with van der Waals surface area (Å²) < 4.78 is 0. The molecule has 3 aromatic carbocycles. The fourth-order valence-electron chi connectivity index (χ4n) is 4.58. The molecule has 0 bridgehead atoms. The van der Waals surface area contributed by atoms with E-state index < -0.39 is 0 Å². The maximum Gasteiger partial charge on any atom is 0.166 e. The molecule has 3 aromatic rings. The normalized spacial score (nSPS) is 11.4. The van der Waals surface area contributed by atoms with Gasteiger partial charge in [0.1, 0.15) is 5.75 Å². The third-order valence-corrected chi connectivity index (χ3v) is 6.36. The second-order valence-corrected chi connectivity index (χ2v) is 8.87. The Morgan fingerprint density at radius 3 is 1.94 bits per heavy atom. The first-order valence-electron chi connectivity index (χ1n) is 12.2. The Hall–Kier alpha value is -2.75. The van der Waals surface area contributed by atoms with Crippen LogP contribution in [0.25, 0.3) is 21.5 Å². The van der Waals surface area contributed by atoms with Crippen molar-refractivity contribution in [1.29, 1.82) is 0 Å². The predicted octanol–water partition coefficient (Wildman–Crippen LogP) is 7.99. The number of carbonyl (C=O) groups is 1. The van der Waals surface area contributed by atoms with Crippen LogP contribution in [-0.4, -0.2) is 21.1 Å². The number of rotatable bonds is 13. The van der Waals surface area contributed by atoms with Crippen LogP contribution in [0.4, 0.5) is 0 Å². The van der Waals surface area contributed by atoms with Crippen LogP contribution in [0.1, 0.15) is 94.3 Å². The number of benzene rings is 3. The molecule has 0 radical (unpaired) electrons. The molecule has 0 aliphatic rings. The Balaban J connectivity index is 1.63. The molecule has 0 saturated carbocycles. The van der Waals surface area contributed by atoms with Gasteiger partial charge in [-0.2, -0.15) is 0 Å².